The second-order valence-electron chi connectivity index (χ2n) is 8.82. The molecule has 1 saturated carbocycles. The van der Waals surface area contributed by atoms with E-state index >= 15 is 0 Å². The van der Waals surface area contributed by atoms with Gasteiger partial charge in [-0.3, -0.25) is 9.78 Å². The number of nitrogens with one attached hydrogen (secondary N) is 2. The van der Waals surface area contributed by atoms with E-state index in [0.717, 1.165) is 41.4 Å². The Balaban J connectivity index is 1.22. The number of hydrogen-bond donors (Lipinski definition) is 2. The molecule has 0 saturated heterocycles. The topological polar surface area (TPSA) is 67.0 Å². The Hall–Kier alpha value is -4.02. The van der Waals surface area contributed by atoms with E-state index in [1.54, 1.807) is 24.4 Å². The molecule has 37 heavy (non-hydrogen) atoms. The van der Waals surface area contributed by atoms with E-state index in [0.29, 0.717) is 29.7 Å². The molecule has 0 radical (unpaired) electrons. The molecule has 1 aliphatic carbocycles. The molecule has 0 aliphatic heterocycles. The van der Waals surface area contributed by atoms with Crippen molar-refractivity contribution < 1.29 is 35.9 Å². The molecule has 5 nitrogen and oxygen atoms in total. The Morgan fingerprint density at radius 3 is 2.30 bits per heavy atom. The van der Waals surface area contributed by atoms with Crippen LogP contribution in [0.15, 0.2) is 67.0 Å². The molecule has 11 heteroatoms. The quantitative estimate of drug-likeness (QED) is 0.275. The van der Waals surface area contributed by atoms with Crippen molar-refractivity contribution >= 4 is 22.5 Å². The van der Waals surface area contributed by atoms with Crippen LogP contribution in [0.2, 0.25) is 0 Å². The third-order valence-corrected chi connectivity index (χ3v) is 6.32. The lowest BCUT2D eigenvalue weighted by molar-refractivity contribution is -0.141. The van der Waals surface area contributed by atoms with E-state index in [-0.39, 0.29) is 17.6 Å². The van der Waals surface area contributed by atoms with Crippen LogP contribution in [0.1, 0.15) is 45.9 Å². The highest BCUT2D eigenvalue weighted by Gasteiger charge is 2.35. The predicted molar refractivity (Wildman–Crippen MR) is 123 cm³/mol. The van der Waals surface area contributed by atoms with Gasteiger partial charge in [-0.2, -0.15) is 26.3 Å². The number of nitrogens with zero attached hydrogens (tertiary/aromatic N) is 1. The van der Waals surface area contributed by atoms with Gasteiger partial charge in [0.05, 0.1) is 17.4 Å². The zero-order valence-electron chi connectivity index (χ0n) is 19.0. The number of benzene rings is 2. The number of carbonyl (C=O) groups excluding carboxylic acids is 1. The van der Waals surface area contributed by atoms with Crippen molar-refractivity contribution in [3.63, 3.8) is 0 Å². The molecular weight excluding hydrogens is 500 g/mol. The zero-order chi connectivity index (χ0) is 26.4. The van der Waals surface area contributed by atoms with Crippen molar-refractivity contribution in [3.8, 4) is 5.75 Å². The summed E-state index contributed by atoms with van der Waals surface area (Å²) in [5.74, 6) is 0.0356. The Morgan fingerprint density at radius 1 is 0.946 bits per heavy atom. The number of aromatic nitrogens is 2. The summed E-state index contributed by atoms with van der Waals surface area (Å²) in [6.07, 6.45) is -5.03. The first-order valence-corrected chi connectivity index (χ1v) is 11.3. The van der Waals surface area contributed by atoms with Gasteiger partial charge in [0.1, 0.15) is 11.4 Å². The number of ether oxygens (including phenoxy) is 1. The van der Waals surface area contributed by atoms with Gasteiger partial charge >= 0.3 is 12.4 Å². The summed E-state index contributed by atoms with van der Waals surface area (Å²) in [7, 11) is 0. The van der Waals surface area contributed by atoms with Crippen molar-refractivity contribution in [2.75, 3.05) is 5.32 Å². The minimum Gasteiger partial charge on any atom is -0.490 e. The number of pyridine rings is 1. The van der Waals surface area contributed by atoms with Crippen LogP contribution in [0.5, 0.6) is 5.75 Å². The number of halogens is 6. The summed E-state index contributed by atoms with van der Waals surface area (Å²) in [5.41, 5.74) is 0.190. The fraction of sp³-hybridized carbons (Fsp3) is 0.231. The highest BCUT2D eigenvalue weighted by atomic mass is 19.4. The van der Waals surface area contributed by atoms with E-state index in [1.807, 2.05) is 0 Å². The fourth-order valence-electron chi connectivity index (χ4n) is 4.22. The van der Waals surface area contributed by atoms with E-state index in [1.165, 1.54) is 12.3 Å². The van der Waals surface area contributed by atoms with Gasteiger partial charge in [0.2, 0.25) is 0 Å². The minimum atomic E-state index is -4.49. The minimum absolute atomic E-state index is 0.0503. The van der Waals surface area contributed by atoms with Gasteiger partial charge in [-0.15, -0.1) is 0 Å². The van der Waals surface area contributed by atoms with E-state index in [2.05, 4.69) is 15.3 Å². The van der Waals surface area contributed by atoms with Crippen LogP contribution in [0.4, 0.5) is 32.0 Å². The molecule has 4 aromatic rings. The SMILES string of the molecule is O=C(Nc1c[nH]c2ccc(O[C@H]3C[C@@H](c4ccc(C(F)(F)F)nc4)C3)cc12)c1ccc(C(F)(F)F)cc1. The maximum atomic E-state index is 12.8. The molecule has 1 amide bonds. The highest BCUT2D eigenvalue weighted by Crippen LogP contribution is 2.40. The van der Waals surface area contributed by atoms with Gasteiger partial charge in [0, 0.05) is 28.9 Å². The van der Waals surface area contributed by atoms with Gasteiger partial charge in [-0.1, -0.05) is 6.07 Å². The molecule has 0 unspecified atom stereocenters. The second kappa shape index (κ2) is 9.13. The number of aromatic amines is 1. The van der Waals surface area contributed by atoms with Crippen LogP contribution in [0, 0.1) is 0 Å². The van der Waals surface area contributed by atoms with E-state index < -0.39 is 29.5 Å². The van der Waals surface area contributed by atoms with Crippen LogP contribution in [-0.4, -0.2) is 22.0 Å². The summed E-state index contributed by atoms with van der Waals surface area (Å²) in [6.45, 7) is 0. The number of hydrogen-bond acceptors (Lipinski definition) is 3. The Morgan fingerprint density at radius 2 is 1.68 bits per heavy atom. The van der Waals surface area contributed by atoms with Gasteiger partial charge in [0.15, 0.2) is 0 Å². The van der Waals surface area contributed by atoms with E-state index in [4.69, 9.17) is 4.74 Å². The molecule has 5 rings (SSSR count). The molecule has 1 fully saturated rings. The first-order chi connectivity index (χ1) is 17.5. The van der Waals surface area contributed by atoms with Crippen LogP contribution in [0.25, 0.3) is 10.9 Å². The summed E-state index contributed by atoms with van der Waals surface area (Å²) in [5, 5.41) is 3.35. The molecule has 2 aromatic heterocycles. The average Bonchev–Trinajstić information content (AvgIpc) is 3.22. The second-order valence-corrected chi connectivity index (χ2v) is 8.82. The van der Waals surface area contributed by atoms with Crippen molar-refractivity contribution in [1.82, 2.24) is 9.97 Å². The summed E-state index contributed by atoms with van der Waals surface area (Å²) < 4.78 is 82.4. The van der Waals surface area contributed by atoms with E-state index in [9.17, 15) is 31.1 Å². The van der Waals surface area contributed by atoms with Crippen molar-refractivity contribution in [2.45, 2.75) is 37.2 Å². The average molecular weight is 519 g/mol. The zero-order valence-corrected chi connectivity index (χ0v) is 19.0. The van der Waals surface area contributed by atoms with Crippen molar-refractivity contribution in [3.05, 3.63) is 89.4 Å². The Labute approximate surface area is 206 Å². The lowest BCUT2D eigenvalue weighted by Crippen LogP contribution is -2.32. The summed E-state index contributed by atoms with van der Waals surface area (Å²) in [6, 6.07) is 11.6. The molecule has 2 heterocycles. The molecule has 0 atom stereocenters. The van der Waals surface area contributed by atoms with Crippen LogP contribution >= 0.6 is 0 Å². The molecule has 2 N–H and O–H groups in total. The van der Waals surface area contributed by atoms with Crippen molar-refractivity contribution in [1.29, 1.82) is 0 Å². The standard InChI is InChI=1S/C26H19F6N3O2/c27-25(28,29)17-4-1-14(2-5-17)24(36)35-22-13-33-21-7-6-18(11-20(21)22)37-19-9-16(10-19)15-3-8-23(34-12-15)26(30,31)32/h1-8,11-13,16,19,33H,9-10H2,(H,35,36)/t16-,19+. The van der Waals surface area contributed by atoms with Gasteiger partial charge in [0.25, 0.3) is 5.91 Å². The first kappa shape index (κ1) is 24.7. The Bertz CT molecular complexity index is 1420. The molecule has 2 aromatic carbocycles. The number of H-pyrrole nitrogens is 1. The fourth-order valence-corrected chi connectivity index (χ4v) is 4.22. The molecular formula is C26H19F6N3O2. The largest absolute Gasteiger partial charge is 0.490 e. The summed E-state index contributed by atoms with van der Waals surface area (Å²) in [4.78, 5) is 19.1. The normalized spacial score (nSPS) is 17.9. The van der Waals surface area contributed by atoms with Gasteiger partial charge in [-0.05, 0) is 72.9 Å². The highest BCUT2D eigenvalue weighted by molar-refractivity contribution is 6.09. The maximum Gasteiger partial charge on any atom is 0.433 e. The molecule has 192 valence electrons. The molecule has 0 bridgehead atoms. The first-order valence-electron chi connectivity index (χ1n) is 11.3. The van der Waals surface area contributed by atoms with Crippen molar-refractivity contribution in [2.24, 2.45) is 0 Å². The summed E-state index contributed by atoms with van der Waals surface area (Å²) >= 11 is 0. The molecule has 0 spiro atoms. The lowest BCUT2D eigenvalue weighted by Gasteiger charge is -2.35. The number of rotatable bonds is 5. The smallest absolute Gasteiger partial charge is 0.433 e. The lowest BCUT2D eigenvalue weighted by atomic mass is 9.78. The monoisotopic (exact) mass is 519 g/mol. The number of carbonyl (C=O) groups is 1. The Kier molecular flexibility index (Phi) is 6.09. The maximum absolute atomic E-state index is 12.8. The third kappa shape index (κ3) is 5.25. The van der Waals surface area contributed by atoms with Gasteiger partial charge in [-0.25, -0.2) is 0 Å². The number of fused-ring (bicyclic) bond motifs is 1. The number of amides is 1. The van der Waals surface area contributed by atoms with Crippen LogP contribution in [0.3, 0.4) is 0 Å². The van der Waals surface area contributed by atoms with Gasteiger partial charge < -0.3 is 15.0 Å². The predicted octanol–water partition coefficient (Wildman–Crippen LogP) is 7.18. The van der Waals surface area contributed by atoms with Crippen LogP contribution < -0.4 is 10.1 Å². The third-order valence-electron chi connectivity index (χ3n) is 6.32. The molecule has 1 aliphatic rings. The number of alkyl halides is 6. The number of anilines is 1. The van der Waals surface area contributed by atoms with Crippen LogP contribution in [-0.2, 0) is 12.4 Å².